The number of hydrogen-bond donors (Lipinski definition) is 1. The van der Waals surface area contributed by atoms with Crippen LogP contribution in [0.2, 0.25) is 0 Å². The largest absolute Gasteiger partial charge is 0.305 e. The summed E-state index contributed by atoms with van der Waals surface area (Å²) in [5.74, 6) is 0. The summed E-state index contributed by atoms with van der Waals surface area (Å²) in [6.45, 7) is 7.61. The van der Waals surface area contributed by atoms with Crippen molar-refractivity contribution >= 4 is 21.6 Å². The molecule has 0 unspecified atom stereocenters. The number of rotatable bonds is 5. The van der Waals surface area contributed by atoms with E-state index in [0.29, 0.717) is 0 Å². The summed E-state index contributed by atoms with van der Waals surface area (Å²) in [6, 6.07) is 8.32. The Morgan fingerprint density at radius 3 is 2.59 bits per heavy atom. The molecule has 0 saturated heterocycles. The third-order valence-electron chi connectivity index (χ3n) is 3.57. The summed E-state index contributed by atoms with van der Waals surface area (Å²) in [6.07, 6.45) is 2.29. The average Bonchev–Trinajstić information content (AvgIpc) is 2.79. The Hall–Kier alpha value is -0.930. The summed E-state index contributed by atoms with van der Waals surface area (Å²) < 4.78 is 1.28. The van der Waals surface area contributed by atoms with Crippen LogP contribution in [0.25, 0.3) is 10.2 Å². The maximum absolute atomic E-state index is 4.64. The highest BCUT2D eigenvalue weighted by atomic mass is 32.1. The second kappa shape index (κ2) is 5.15. The molecule has 1 heterocycles. The van der Waals surface area contributed by atoms with Crippen LogP contribution >= 0.6 is 11.3 Å². The Morgan fingerprint density at radius 2 is 1.94 bits per heavy atom. The standard InChI is InChI=1S/C14H20N2S/c1-4-14(3,5-2)15-10-13-16-11-8-6-7-9-12(11)17-13/h6-9,15H,4-5,10H2,1-3H3. The van der Waals surface area contributed by atoms with E-state index in [0.717, 1.165) is 24.9 Å². The maximum atomic E-state index is 4.64. The molecule has 3 heteroatoms. The molecule has 0 aliphatic carbocycles. The van der Waals surface area contributed by atoms with E-state index in [4.69, 9.17) is 0 Å². The van der Waals surface area contributed by atoms with Gasteiger partial charge in [-0.1, -0.05) is 26.0 Å². The van der Waals surface area contributed by atoms with Crippen molar-refractivity contribution in [3.8, 4) is 0 Å². The van der Waals surface area contributed by atoms with Crippen molar-refractivity contribution in [3.05, 3.63) is 29.3 Å². The Balaban J connectivity index is 2.09. The first-order valence-electron chi connectivity index (χ1n) is 6.26. The minimum Gasteiger partial charge on any atom is -0.305 e. The summed E-state index contributed by atoms with van der Waals surface area (Å²) in [5, 5.41) is 4.80. The smallest absolute Gasteiger partial charge is 0.108 e. The van der Waals surface area contributed by atoms with Gasteiger partial charge in [0.05, 0.1) is 10.2 Å². The lowest BCUT2D eigenvalue weighted by atomic mass is 9.96. The van der Waals surface area contributed by atoms with Gasteiger partial charge in [0.25, 0.3) is 0 Å². The zero-order valence-corrected chi connectivity index (χ0v) is 11.6. The molecule has 0 aliphatic rings. The van der Waals surface area contributed by atoms with E-state index in [2.05, 4.69) is 49.3 Å². The second-order valence-corrected chi connectivity index (χ2v) is 5.81. The van der Waals surface area contributed by atoms with Crippen molar-refractivity contribution in [1.29, 1.82) is 0 Å². The molecule has 1 aromatic heterocycles. The lowest BCUT2D eigenvalue weighted by molar-refractivity contribution is 0.329. The lowest BCUT2D eigenvalue weighted by Crippen LogP contribution is -2.40. The zero-order valence-electron chi connectivity index (χ0n) is 10.8. The molecule has 2 nitrogen and oxygen atoms in total. The van der Waals surface area contributed by atoms with Crippen LogP contribution < -0.4 is 5.32 Å². The first-order chi connectivity index (χ1) is 8.17. The highest BCUT2D eigenvalue weighted by Crippen LogP contribution is 2.22. The fourth-order valence-corrected chi connectivity index (χ4v) is 2.69. The zero-order chi connectivity index (χ0) is 12.3. The van der Waals surface area contributed by atoms with Crippen LogP contribution in [0.4, 0.5) is 0 Å². The van der Waals surface area contributed by atoms with Gasteiger partial charge in [-0.25, -0.2) is 4.98 Å². The third-order valence-corrected chi connectivity index (χ3v) is 4.60. The van der Waals surface area contributed by atoms with E-state index in [-0.39, 0.29) is 5.54 Å². The third kappa shape index (κ3) is 2.85. The normalized spacial score (nSPS) is 12.2. The Kier molecular flexibility index (Phi) is 3.79. The van der Waals surface area contributed by atoms with Crippen molar-refractivity contribution in [2.75, 3.05) is 0 Å². The summed E-state index contributed by atoms with van der Waals surface area (Å²) in [4.78, 5) is 4.64. The number of nitrogens with one attached hydrogen (secondary N) is 1. The molecule has 0 spiro atoms. The van der Waals surface area contributed by atoms with Crippen LogP contribution in [0.1, 0.15) is 38.6 Å². The number of aromatic nitrogens is 1. The quantitative estimate of drug-likeness (QED) is 0.866. The summed E-state index contributed by atoms with van der Waals surface area (Å²) in [7, 11) is 0. The van der Waals surface area contributed by atoms with E-state index in [1.807, 2.05) is 6.07 Å². The number of hydrogen-bond acceptors (Lipinski definition) is 3. The number of nitrogens with zero attached hydrogens (tertiary/aromatic N) is 1. The average molecular weight is 248 g/mol. The van der Waals surface area contributed by atoms with E-state index in [1.54, 1.807) is 11.3 Å². The maximum Gasteiger partial charge on any atom is 0.108 e. The molecule has 0 fully saturated rings. The van der Waals surface area contributed by atoms with Gasteiger partial charge in [0.1, 0.15) is 5.01 Å². The van der Waals surface area contributed by atoms with Crippen LogP contribution in [-0.2, 0) is 6.54 Å². The van der Waals surface area contributed by atoms with Crippen molar-refractivity contribution in [2.45, 2.75) is 45.7 Å². The number of benzene rings is 1. The molecule has 92 valence electrons. The van der Waals surface area contributed by atoms with Crippen molar-refractivity contribution in [2.24, 2.45) is 0 Å². The van der Waals surface area contributed by atoms with Gasteiger partial charge in [-0.2, -0.15) is 0 Å². The highest BCUT2D eigenvalue weighted by molar-refractivity contribution is 7.18. The van der Waals surface area contributed by atoms with Gasteiger partial charge in [-0.05, 0) is 31.9 Å². The number of fused-ring (bicyclic) bond motifs is 1. The van der Waals surface area contributed by atoms with Crippen LogP contribution in [0, 0.1) is 0 Å². The molecule has 0 amide bonds. The molecule has 0 atom stereocenters. The second-order valence-electron chi connectivity index (χ2n) is 4.70. The van der Waals surface area contributed by atoms with Crippen LogP contribution in [0.3, 0.4) is 0 Å². The van der Waals surface area contributed by atoms with Gasteiger partial charge in [-0.15, -0.1) is 11.3 Å². The number of thiazole rings is 1. The van der Waals surface area contributed by atoms with Crippen LogP contribution in [0.5, 0.6) is 0 Å². The molecule has 2 rings (SSSR count). The monoisotopic (exact) mass is 248 g/mol. The van der Waals surface area contributed by atoms with Crippen LogP contribution in [-0.4, -0.2) is 10.5 Å². The highest BCUT2D eigenvalue weighted by Gasteiger charge is 2.18. The molecule has 1 N–H and O–H groups in total. The Bertz CT molecular complexity index is 453. The topological polar surface area (TPSA) is 24.9 Å². The van der Waals surface area contributed by atoms with Gasteiger partial charge in [0.15, 0.2) is 0 Å². The van der Waals surface area contributed by atoms with Crippen molar-refractivity contribution in [1.82, 2.24) is 10.3 Å². The summed E-state index contributed by atoms with van der Waals surface area (Å²) >= 11 is 1.79. The SMILES string of the molecule is CCC(C)(CC)NCc1nc2ccccc2s1. The fourth-order valence-electron chi connectivity index (χ4n) is 1.78. The summed E-state index contributed by atoms with van der Waals surface area (Å²) in [5.41, 5.74) is 1.35. The molecule has 17 heavy (non-hydrogen) atoms. The molecular formula is C14H20N2S. The molecule has 0 radical (unpaired) electrons. The van der Waals surface area contributed by atoms with Gasteiger partial charge >= 0.3 is 0 Å². The molecule has 0 bridgehead atoms. The van der Waals surface area contributed by atoms with Gasteiger partial charge in [0.2, 0.25) is 0 Å². The molecule has 0 saturated carbocycles. The van der Waals surface area contributed by atoms with Crippen LogP contribution in [0.15, 0.2) is 24.3 Å². The minimum absolute atomic E-state index is 0.234. The lowest BCUT2D eigenvalue weighted by Gasteiger charge is -2.27. The van der Waals surface area contributed by atoms with Gasteiger partial charge in [0, 0.05) is 12.1 Å². The van der Waals surface area contributed by atoms with E-state index < -0.39 is 0 Å². The molecular weight excluding hydrogens is 228 g/mol. The molecule has 0 aliphatic heterocycles. The van der Waals surface area contributed by atoms with Gasteiger partial charge in [-0.3, -0.25) is 0 Å². The molecule has 2 aromatic rings. The van der Waals surface area contributed by atoms with E-state index >= 15 is 0 Å². The number of para-hydroxylation sites is 1. The van der Waals surface area contributed by atoms with E-state index in [1.165, 1.54) is 9.71 Å². The first-order valence-corrected chi connectivity index (χ1v) is 7.08. The van der Waals surface area contributed by atoms with Crippen molar-refractivity contribution < 1.29 is 0 Å². The first kappa shape index (κ1) is 12.5. The van der Waals surface area contributed by atoms with Crippen molar-refractivity contribution in [3.63, 3.8) is 0 Å². The van der Waals surface area contributed by atoms with Gasteiger partial charge < -0.3 is 5.32 Å². The predicted octanol–water partition coefficient (Wildman–Crippen LogP) is 3.96. The predicted molar refractivity (Wildman–Crippen MR) is 75.4 cm³/mol. The van der Waals surface area contributed by atoms with E-state index in [9.17, 15) is 0 Å². The minimum atomic E-state index is 0.234. The Labute approximate surface area is 107 Å². The molecule has 1 aromatic carbocycles. The Morgan fingerprint density at radius 1 is 1.24 bits per heavy atom. The fraction of sp³-hybridized carbons (Fsp3) is 0.500.